The Labute approximate surface area is 242 Å². The van der Waals surface area contributed by atoms with Crippen molar-refractivity contribution < 1.29 is 23.8 Å². The third-order valence-corrected chi connectivity index (χ3v) is 6.40. The molecule has 1 saturated heterocycles. The summed E-state index contributed by atoms with van der Waals surface area (Å²) in [7, 11) is 0. The molecule has 42 heavy (non-hydrogen) atoms. The van der Waals surface area contributed by atoms with Crippen LogP contribution in [-0.4, -0.2) is 66.4 Å². The summed E-state index contributed by atoms with van der Waals surface area (Å²) in [5.74, 6) is 0.0646. The average Bonchev–Trinajstić information content (AvgIpc) is 3.03. The van der Waals surface area contributed by atoms with E-state index in [1.54, 1.807) is 30.6 Å². The van der Waals surface area contributed by atoms with Gasteiger partial charge >= 0.3 is 6.09 Å². The zero-order valence-electron chi connectivity index (χ0n) is 22.9. The van der Waals surface area contributed by atoms with Crippen LogP contribution in [0.3, 0.4) is 0 Å². The summed E-state index contributed by atoms with van der Waals surface area (Å²) in [6.07, 6.45) is 4.24. The van der Waals surface area contributed by atoms with Crippen LogP contribution in [0.1, 0.15) is 16.1 Å². The Kier molecular flexibility index (Phi) is 9.37. The standard InChI is InChI=1S/C30H31N7O5/c31-28-27(29(38)36-25-18-32-10-9-26(25)37-12-15-40-16-13-37)35-24(19-34-28)22-7-4-8-23(17-22)41-14-11-33-30(39)42-20-21-5-2-1-3-6-21/h1-10,17-19H,11-16,20H2,(H2,31,34)(H,33,39)(H,36,38). The zero-order chi connectivity index (χ0) is 29.1. The lowest BCUT2D eigenvalue weighted by molar-refractivity contribution is 0.102. The van der Waals surface area contributed by atoms with Crippen molar-refractivity contribution in [1.29, 1.82) is 0 Å². The van der Waals surface area contributed by atoms with Crippen LogP contribution in [0.4, 0.5) is 22.0 Å². The second-order valence-corrected chi connectivity index (χ2v) is 9.30. The maximum absolute atomic E-state index is 13.2. The molecular formula is C30H31N7O5. The summed E-state index contributed by atoms with van der Waals surface area (Å²) in [5.41, 5.74) is 9.46. The van der Waals surface area contributed by atoms with E-state index < -0.39 is 12.0 Å². The molecule has 2 amide bonds. The Balaban J connectivity index is 1.18. The molecule has 5 rings (SSSR count). The lowest BCUT2D eigenvalue weighted by Crippen LogP contribution is -2.36. The molecule has 1 aliphatic rings. The first kappa shape index (κ1) is 28.3. The molecule has 216 valence electrons. The summed E-state index contributed by atoms with van der Waals surface area (Å²) >= 11 is 0. The molecule has 2 aromatic carbocycles. The summed E-state index contributed by atoms with van der Waals surface area (Å²) < 4.78 is 16.4. The van der Waals surface area contributed by atoms with Crippen LogP contribution in [0.25, 0.3) is 11.3 Å². The Morgan fingerprint density at radius 3 is 2.69 bits per heavy atom. The van der Waals surface area contributed by atoms with Gasteiger partial charge in [-0.05, 0) is 23.8 Å². The van der Waals surface area contributed by atoms with Crippen molar-refractivity contribution in [2.75, 3.05) is 55.4 Å². The average molecular weight is 570 g/mol. The van der Waals surface area contributed by atoms with Gasteiger partial charge in [-0.3, -0.25) is 9.78 Å². The molecule has 12 nitrogen and oxygen atoms in total. The van der Waals surface area contributed by atoms with Crippen LogP contribution < -0.4 is 26.0 Å². The van der Waals surface area contributed by atoms with E-state index in [1.807, 2.05) is 42.5 Å². The minimum Gasteiger partial charge on any atom is -0.492 e. The van der Waals surface area contributed by atoms with Crippen LogP contribution in [-0.2, 0) is 16.1 Å². The molecule has 12 heteroatoms. The van der Waals surface area contributed by atoms with Crippen molar-refractivity contribution in [3.63, 3.8) is 0 Å². The molecule has 0 spiro atoms. The fourth-order valence-electron chi connectivity index (χ4n) is 4.29. The fraction of sp³-hybridized carbons (Fsp3) is 0.233. The summed E-state index contributed by atoms with van der Waals surface area (Å²) in [5, 5.41) is 5.54. The number of amides is 2. The van der Waals surface area contributed by atoms with Crippen LogP contribution in [0.2, 0.25) is 0 Å². The third kappa shape index (κ3) is 7.49. The number of alkyl carbamates (subject to hydrolysis) is 1. The smallest absolute Gasteiger partial charge is 0.407 e. The Morgan fingerprint density at radius 1 is 1.02 bits per heavy atom. The minimum absolute atomic E-state index is 0.00527. The molecule has 3 heterocycles. The summed E-state index contributed by atoms with van der Waals surface area (Å²) in [6, 6.07) is 18.5. The zero-order valence-corrected chi connectivity index (χ0v) is 22.9. The maximum atomic E-state index is 13.2. The molecular weight excluding hydrogens is 538 g/mol. The number of nitrogens with one attached hydrogen (secondary N) is 2. The van der Waals surface area contributed by atoms with E-state index in [2.05, 4.69) is 30.5 Å². The molecule has 1 aliphatic heterocycles. The highest BCUT2D eigenvalue weighted by Gasteiger charge is 2.20. The van der Waals surface area contributed by atoms with E-state index in [-0.39, 0.29) is 31.3 Å². The maximum Gasteiger partial charge on any atom is 0.407 e. The molecule has 0 unspecified atom stereocenters. The highest BCUT2D eigenvalue weighted by atomic mass is 16.5. The van der Waals surface area contributed by atoms with E-state index in [0.29, 0.717) is 49.0 Å². The predicted molar refractivity (Wildman–Crippen MR) is 157 cm³/mol. The minimum atomic E-state index is -0.525. The van der Waals surface area contributed by atoms with Gasteiger partial charge in [-0.15, -0.1) is 0 Å². The molecule has 4 aromatic rings. The molecule has 1 fully saturated rings. The van der Waals surface area contributed by atoms with Gasteiger partial charge in [0.05, 0.1) is 49.2 Å². The van der Waals surface area contributed by atoms with Crippen LogP contribution in [0.15, 0.2) is 79.3 Å². The van der Waals surface area contributed by atoms with Crippen molar-refractivity contribution in [3.8, 4) is 17.0 Å². The predicted octanol–water partition coefficient (Wildman–Crippen LogP) is 3.51. The number of carbonyl (C=O) groups excluding carboxylic acids is 2. The number of aromatic nitrogens is 3. The highest BCUT2D eigenvalue weighted by molar-refractivity contribution is 6.07. The van der Waals surface area contributed by atoms with E-state index in [4.69, 9.17) is 19.9 Å². The van der Waals surface area contributed by atoms with E-state index in [0.717, 1.165) is 11.3 Å². The fourth-order valence-corrected chi connectivity index (χ4v) is 4.29. The second-order valence-electron chi connectivity index (χ2n) is 9.30. The van der Waals surface area contributed by atoms with E-state index in [1.165, 1.54) is 6.20 Å². The molecule has 0 aliphatic carbocycles. The molecule has 0 atom stereocenters. The first-order valence-electron chi connectivity index (χ1n) is 13.4. The number of anilines is 3. The first-order valence-corrected chi connectivity index (χ1v) is 13.4. The number of ether oxygens (including phenoxy) is 3. The van der Waals surface area contributed by atoms with E-state index in [9.17, 15) is 9.59 Å². The Hall–Kier alpha value is -5.23. The van der Waals surface area contributed by atoms with Gasteiger partial charge in [0.25, 0.3) is 5.91 Å². The monoisotopic (exact) mass is 569 g/mol. The number of pyridine rings is 1. The van der Waals surface area contributed by atoms with Crippen molar-refractivity contribution in [2.45, 2.75) is 6.61 Å². The van der Waals surface area contributed by atoms with Gasteiger partial charge in [-0.1, -0.05) is 42.5 Å². The van der Waals surface area contributed by atoms with Crippen molar-refractivity contribution in [2.24, 2.45) is 0 Å². The molecule has 0 bridgehead atoms. The number of nitrogens with zero attached hydrogens (tertiary/aromatic N) is 4. The largest absolute Gasteiger partial charge is 0.492 e. The number of hydrogen-bond acceptors (Lipinski definition) is 10. The number of benzene rings is 2. The van der Waals surface area contributed by atoms with Gasteiger partial charge < -0.3 is 35.5 Å². The van der Waals surface area contributed by atoms with Gasteiger partial charge in [-0.2, -0.15) is 0 Å². The normalized spacial score (nSPS) is 12.8. The van der Waals surface area contributed by atoms with Crippen LogP contribution in [0.5, 0.6) is 5.75 Å². The Morgan fingerprint density at radius 2 is 1.86 bits per heavy atom. The summed E-state index contributed by atoms with van der Waals surface area (Å²) in [4.78, 5) is 40.2. The van der Waals surface area contributed by atoms with E-state index >= 15 is 0 Å². The lowest BCUT2D eigenvalue weighted by Gasteiger charge is -2.30. The Bertz CT molecular complexity index is 1510. The van der Waals surface area contributed by atoms with Crippen LogP contribution >= 0.6 is 0 Å². The van der Waals surface area contributed by atoms with Gasteiger partial charge in [0.15, 0.2) is 11.5 Å². The number of hydrogen-bond donors (Lipinski definition) is 3. The molecule has 2 aromatic heterocycles. The molecule has 0 radical (unpaired) electrons. The third-order valence-electron chi connectivity index (χ3n) is 6.40. The van der Waals surface area contributed by atoms with Gasteiger partial charge in [0.1, 0.15) is 19.0 Å². The van der Waals surface area contributed by atoms with Gasteiger partial charge in [0.2, 0.25) is 0 Å². The van der Waals surface area contributed by atoms with Gasteiger partial charge in [0, 0.05) is 24.8 Å². The first-order chi connectivity index (χ1) is 20.6. The topological polar surface area (TPSA) is 154 Å². The second kappa shape index (κ2) is 13.9. The van der Waals surface area contributed by atoms with Crippen molar-refractivity contribution in [3.05, 3.63) is 90.5 Å². The molecule has 0 saturated carbocycles. The van der Waals surface area contributed by atoms with Crippen molar-refractivity contribution >= 4 is 29.2 Å². The van der Waals surface area contributed by atoms with Gasteiger partial charge in [-0.25, -0.2) is 14.8 Å². The number of carbonyl (C=O) groups is 2. The number of rotatable bonds is 10. The quantitative estimate of drug-likeness (QED) is 0.242. The number of morpholine rings is 1. The number of nitrogens with two attached hydrogens (primary N) is 1. The molecule has 4 N–H and O–H groups in total. The SMILES string of the molecule is Nc1ncc(-c2cccc(OCCNC(=O)OCc3ccccc3)c2)nc1C(=O)Nc1cnccc1N1CCOCC1. The van der Waals surface area contributed by atoms with Crippen molar-refractivity contribution in [1.82, 2.24) is 20.3 Å². The number of nitrogen functional groups attached to an aromatic ring is 1. The van der Waals surface area contributed by atoms with Crippen LogP contribution in [0, 0.1) is 0 Å². The lowest BCUT2D eigenvalue weighted by atomic mass is 10.1. The highest BCUT2D eigenvalue weighted by Crippen LogP contribution is 2.27. The summed E-state index contributed by atoms with van der Waals surface area (Å²) in [6.45, 7) is 3.30.